The molecule has 2 aromatic carbocycles. The number of nitrogens with one attached hydrogen (secondary N) is 1. The van der Waals surface area contributed by atoms with Gasteiger partial charge in [-0.2, -0.15) is 0 Å². The zero-order valence-electron chi connectivity index (χ0n) is 11.8. The van der Waals surface area contributed by atoms with Crippen LogP contribution in [0.3, 0.4) is 0 Å². The molecule has 0 aromatic heterocycles. The first-order valence-electron chi connectivity index (χ1n) is 6.62. The summed E-state index contributed by atoms with van der Waals surface area (Å²) in [6.07, 6.45) is 1.46. The number of benzene rings is 2. The SMILES string of the molecule is CSc1ccc(NCC(O)COc2ccc(Cl)cc2)cc1. The van der Waals surface area contributed by atoms with Gasteiger partial charge in [0.1, 0.15) is 18.5 Å². The van der Waals surface area contributed by atoms with E-state index in [1.165, 1.54) is 4.90 Å². The van der Waals surface area contributed by atoms with Gasteiger partial charge >= 0.3 is 0 Å². The standard InChI is InChI=1S/C16H18ClNO2S/c1-21-16-8-4-13(5-9-16)18-10-14(19)11-20-15-6-2-12(17)3-7-15/h2-9,14,18-19H,10-11H2,1H3. The van der Waals surface area contributed by atoms with Gasteiger partial charge in [0.25, 0.3) is 0 Å². The predicted octanol–water partition coefficient (Wildman–Crippen LogP) is 3.91. The Morgan fingerprint density at radius 3 is 2.43 bits per heavy atom. The molecule has 2 rings (SSSR count). The lowest BCUT2D eigenvalue weighted by Crippen LogP contribution is -2.26. The number of halogens is 1. The van der Waals surface area contributed by atoms with Gasteiger partial charge in [-0.25, -0.2) is 0 Å². The summed E-state index contributed by atoms with van der Waals surface area (Å²) in [6.45, 7) is 0.670. The second kappa shape index (κ2) is 8.17. The van der Waals surface area contributed by atoms with Crippen molar-refractivity contribution in [2.45, 2.75) is 11.0 Å². The van der Waals surface area contributed by atoms with Crippen molar-refractivity contribution in [3.63, 3.8) is 0 Å². The van der Waals surface area contributed by atoms with Crippen LogP contribution < -0.4 is 10.1 Å². The number of rotatable bonds is 7. The Labute approximate surface area is 134 Å². The van der Waals surface area contributed by atoms with Gasteiger partial charge < -0.3 is 15.2 Å². The third kappa shape index (κ3) is 5.50. The second-order valence-corrected chi connectivity index (χ2v) is 5.84. The molecule has 3 nitrogen and oxygen atoms in total. The Morgan fingerprint density at radius 2 is 1.81 bits per heavy atom. The van der Waals surface area contributed by atoms with Crippen LogP contribution in [0.4, 0.5) is 5.69 Å². The van der Waals surface area contributed by atoms with Crippen LogP contribution in [0.5, 0.6) is 5.75 Å². The van der Waals surface area contributed by atoms with Crippen LogP contribution in [0.2, 0.25) is 5.02 Å². The minimum atomic E-state index is -0.582. The fourth-order valence-corrected chi connectivity index (χ4v) is 2.26. The number of hydrogen-bond donors (Lipinski definition) is 2. The highest BCUT2D eigenvalue weighted by Crippen LogP contribution is 2.18. The molecular weight excluding hydrogens is 306 g/mol. The highest BCUT2D eigenvalue weighted by Gasteiger charge is 2.05. The predicted molar refractivity (Wildman–Crippen MR) is 89.7 cm³/mol. The maximum Gasteiger partial charge on any atom is 0.119 e. The first-order valence-corrected chi connectivity index (χ1v) is 8.22. The number of aliphatic hydroxyl groups is 1. The van der Waals surface area contributed by atoms with E-state index in [1.54, 1.807) is 36.0 Å². The van der Waals surface area contributed by atoms with E-state index in [0.29, 0.717) is 17.3 Å². The molecule has 0 radical (unpaired) electrons. The lowest BCUT2D eigenvalue weighted by Gasteiger charge is -2.14. The van der Waals surface area contributed by atoms with Crippen molar-refractivity contribution < 1.29 is 9.84 Å². The lowest BCUT2D eigenvalue weighted by molar-refractivity contribution is 0.117. The highest BCUT2D eigenvalue weighted by atomic mass is 35.5. The van der Waals surface area contributed by atoms with Gasteiger partial charge in [-0.3, -0.25) is 0 Å². The van der Waals surface area contributed by atoms with Gasteiger partial charge in [0.2, 0.25) is 0 Å². The van der Waals surface area contributed by atoms with Crippen molar-refractivity contribution in [2.75, 3.05) is 24.7 Å². The average Bonchev–Trinajstić information content (AvgIpc) is 2.53. The molecule has 0 fully saturated rings. The summed E-state index contributed by atoms with van der Waals surface area (Å²) in [6, 6.07) is 15.2. The van der Waals surface area contributed by atoms with E-state index in [2.05, 4.69) is 5.32 Å². The molecular formula is C16H18ClNO2S. The van der Waals surface area contributed by atoms with Crippen LogP contribution in [0, 0.1) is 0 Å². The molecule has 1 atom stereocenters. The number of ether oxygens (including phenoxy) is 1. The molecule has 2 N–H and O–H groups in total. The van der Waals surface area contributed by atoms with E-state index in [4.69, 9.17) is 16.3 Å². The molecule has 0 spiro atoms. The molecule has 2 aromatic rings. The van der Waals surface area contributed by atoms with E-state index in [9.17, 15) is 5.11 Å². The highest BCUT2D eigenvalue weighted by molar-refractivity contribution is 7.98. The first kappa shape index (κ1) is 16.0. The third-order valence-electron chi connectivity index (χ3n) is 2.89. The molecule has 0 aliphatic heterocycles. The average molecular weight is 324 g/mol. The smallest absolute Gasteiger partial charge is 0.119 e. The molecule has 0 aliphatic carbocycles. The normalized spacial score (nSPS) is 12.0. The van der Waals surface area contributed by atoms with Crippen molar-refractivity contribution in [3.05, 3.63) is 53.6 Å². The minimum absolute atomic E-state index is 0.234. The van der Waals surface area contributed by atoms with Crippen molar-refractivity contribution in [1.29, 1.82) is 0 Å². The number of thioether (sulfide) groups is 1. The van der Waals surface area contributed by atoms with E-state index < -0.39 is 6.10 Å². The van der Waals surface area contributed by atoms with E-state index in [0.717, 1.165) is 5.69 Å². The molecule has 0 saturated carbocycles. The minimum Gasteiger partial charge on any atom is -0.491 e. The van der Waals surface area contributed by atoms with Crippen LogP contribution in [0.15, 0.2) is 53.4 Å². The molecule has 5 heteroatoms. The Bertz CT molecular complexity index is 545. The Balaban J connectivity index is 1.73. The summed E-state index contributed by atoms with van der Waals surface area (Å²) in [5, 5.41) is 13.8. The van der Waals surface area contributed by atoms with Crippen molar-refractivity contribution in [2.24, 2.45) is 0 Å². The molecule has 0 bridgehead atoms. The summed E-state index contributed by atoms with van der Waals surface area (Å²) in [7, 11) is 0. The quantitative estimate of drug-likeness (QED) is 0.758. The summed E-state index contributed by atoms with van der Waals surface area (Å²) in [5.41, 5.74) is 0.985. The third-order valence-corrected chi connectivity index (χ3v) is 3.88. The number of hydrogen-bond acceptors (Lipinski definition) is 4. The molecule has 0 saturated heterocycles. The second-order valence-electron chi connectivity index (χ2n) is 4.53. The lowest BCUT2D eigenvalue weighted by atomic mass is 10.3. The van der Waals surface area contributed by atoms with Gasteiger partial charge in [-0.05, 0) is 54.8 Å². The van der Waals surface area contributed by atoms with Gasteiger partial charge in [-0.15, -0.1) is 11.8 Å². The zero-order chi connectivity index (χ0) is 15.1. The van der Waals surface area contributed by atoms with Gasteiger partial charge in [0.15, 0.2) is 0 Å². The van der Waals surface area contributed by atoms with Gasteiger partial charge in [0, 0.05) is 22.2 Å². The van der Waals surface area contributed by atoms with Crippen LogP contribution >= 0.6 is 23.4 Å². The molecule has 112 valence electrons. The van der Waals surface area contributed by atoms with Crippen LogP contribution in [0.25, 0.3) is 0 Å². The fourth-order valence-electron chi connectivity index (χ4n) is 1.73. The molecule has 1 unspecified atom stereocenters. The zero-order valence-corrected chi connectivity index (χ0v) is 13.3. The van der Waals surface area contributed by atoms with Crippen LogP contribution in [-0.2, 0) is 0 Å². The van der Waals surface area contributed by atoms with Gasteiger partial charge in [-0.1, -0.05) is 11.6 Å². The van der Waals surface area contributed by atoms with Crippen LogP contribution in [-0.4, -0.2) is 30.6 Å². The van der Waals surface area contributed by atoms with E-state index >= 15 is 0 Å². The van der Waals surface area contributed by atoms with Crippen LogP contribution in [0.1, 0.15) is 0 Å². The summed E-state index contributed by atoms with van der Waals surface area (Å²) in [4.78, 5) is 1.21. The maximum absolute atomic E-state index is 9.91. The van der Waals surface area contributed by atoms with Gasteiger partial charge in [0.05, 0.1) is 0 Å². The Hall–Kier alpha value is -1.36. The summed E-state index contributed by atoms with van der Waals surface area (Å²) in [5.74, 6) is 0.697. The fraction of sp³-hybridized carbons (Fsp3) is 0.250. The summed E-state index contributed by atoms with van der Waals surface area (Å²) >= 11 is 7.50. The van der Waals surface area contributed by atoms with Crippen molar-refractivity contribution in [1.82, 2.24) is 0 Å². The van der Waals surface area contributed by atoms with Crippen molar-refractivity contribution >= 4 is 29.1 Å². The Kier molecular flexibility index (Phi) is 6.23. The molecule has 0 amide bonds. The molecule has 21 heavy (non-hydrogen) atoms. The Morgan fingerprint density at radius 1 is 1.14 bits per heavy atom. The molecule has 0 heterocycles. The maximum atomic E-state index is 9.91. The summed E-state index contributed by atoms with van der Waals surface area (Å²) < 4.78 is 5.50. The van der Waals surface area contributed by atoms with E-state index in [1.807, 2.05) is 30.5 Å². The molecule has 0 aliphatic rings. The monoisotopic (exact) mass is 323 g/mol. The largest absolute Gasteiger partial charge is 0.491 e. The number of aliphatic hydroxyl groups excluding tert-OH is 1. The topological polar surface area (TPSA) is 41.5 Å². The van der Waals surface area contributed by atoms with E-state index in [-0.39, 0.29) is 6.61 Å². The first-order chi connectivity index (χ1) is 10.2. The van der Waals surface area contributed by atoms with Crippen molar-refractivity contribution in [3.8, 4) is 5.75 Å². The number of anilines is 1.